The van der Waals surface area contributed by atoms with Gasteiger partial charge in [-0.2, -0.15) is 0 Å². The second-order valence-corrected chi connectivity index (χ2v) is 6.99. The van der Waals surface area contributed by atoms with Gasteiger partial charge in [0.05, 0.1) is 7.11 Å². The molecule has 0 amide bonds. The molecular formula is C22H27N3O. The SMILES string of the molecule is COc1cccc(N2CCN(CCCc3c[nH]c4ccccc34)CC2)c1. The number of rotatable bonds is 6. The number of H-pyrrole nitrogens is 1. The van der Waals surface area contributed by atoms with Crippen LogP contribution >= 0.6 is 0 Å². The van der Waals surface area contributed by atoms with Gasteiger partial charge in [0.15, 0.2) is 0 Å². The molecule has 1 saturated heterocycles. The number of anilines is 1. The maximum Gasteiger partial charge on any atom is 0.120 e. The van der Waals surface area contributed by atoms with Crippen molar-refractivity contribution in [2.24, 2.45) is 0 Å². The predicted octanol–water partition coefficient (Wildman–Crippen LogP) is 3.93. The Morgan fingerprint density at radius 1 is 1.00 bits per heavy atom. The summed E-state index contributed by atoms with van der Waals surface area (Å²) in [6.45, 7) is 5.60. The molecule has 4 heteroatoms. The lowest BCUT2D eigenvalue weighted by Crippen LogP contribution is -2.46. The van der Waals surface area contributed by atoms with Crippen molar-refractivity contribution < 1.29 is 4.74 Å². The smallest absolute Gasteiger partial charge is 0.120 e. The van der Waals surface area contributed by atoms with Crippen LogP contribution in [0.4, 0.5) is 5.69 Å². The third-order valence-corrected chi connectivity index (χ3v) is 5.39. The standard InChI is InChI=1S/C22H27N3O/c1-26-20-8-4-7-19(16-20)25-14-12-24(13-15-25)11-5-6-18-17-23-22-10-3-2-9-21(18)22/h2-4,7-10,16-17,23H,5-6,11-15H2,1H3. The minimum atomic E-state index is 0.934. The zero-order valence-corrected chi connectivity index (χ0v) is 15.4. The molecule has 4 nitrogen and oxygen atoms in total. The summed E-state index contributed by atoms with van der Waals surface area (Å²) in [5.41, 5.74) is 3.95. The maximum atomic E-state index is 5.35. The van der Waals surface area contributed by atoms with E-state index in [1.54, 1.807) is 7.11 Å². The van der Waals surface area contributed by atoms with Crippen LogP contribution in [0.5, 0.6) is 5.75 Å². The van der Waals surface area contributed by atoms with E-state index in [0.29, 0.717) is 0 Å². The van der Waals surface area contributed by atoms with Crippen molar-refractivity contribution in [2.75, 3.05) is 44.7 Å². The first-order chi connectivity index (χ1) is 12.8. The summed E-state index contributed by atoms with van der Waals surface area (Å²) in [5, 5.41) is 1.37. The van der Waals surface area contributed by atoms with E-state index < -0.39 is 0 Å². The molecule has 0 bridgehead atoms. The van der Waals surface area contributed by atoms with Crippen LogP contribution in [0.2, 0.25) is 0 Å². The summed E-state index contributed by atoms with van der Waals surface area (Å²) < 4.78 is 5.35. The predicted molar refractivity (Wildman–Crippen MR) is 108 cm³/mol. The average molecular weight is 349 g/mol. The van der Waals surface area contributed by atoms with Crippen LogP contribution in [0.1, 0.15) is 12.0 Å². The minimum absolute atomic E-state index is 0.934. The van der Waals surface area contributed by atoms with E-state index in [9.17, 15) is 0 Å². The summed E-state index contributed by atoms with van der Waals surface area (Å²) in [7, 11) is 1.73. The molecule has 1 fully saturated rings. The Kier molecular flexibility index (Phi) is 5.12. The van der Waals surface area contributed by atoms with Crippen LogP contribution in [-0.2, 0) is 6.42 Å². The number of aromatic amines is 1. The van der Waals surface area contributed by atoms with Gasteiger partial charge in [-0.3, -0.25) is 4.90 Å². The van der Waals surface area contributed by atoms with E-state index >= 15 is 0 Å². The third-order valence-electron chi connectivity index (χ3n) is 5.39. The van der Waals surface area contributed by atoms with Crippen molar-refractivity contribution in [1.29, 1.82) is 0 Å². The third kappa shape index (κ3) is 3.70. The highest BCUT2D eigenvalue weighted by Gasteiger charge is 2.17. The Balaban J connectivity index is 1.26. The topological polar surface area (TPSA) is 31.5 Å². The van der Waals surface area contributed by atoms with Crippen molar-refractivity contribution in [3.8, 4) is 5.75 Å². The van der Waals surface area contributed by atoms with Gasteiger partial charge < -0.3 is 14.6 Å². The number of para-hydroxylation sites is 1. The van der Waals surface area contributed by atoms with E-state index in [-0.39, 0.29) is 0 Å². The van der Waals surface area contributed by atoms with Gasteiger partial charge in [0, 0.05) is 55.0 Å². The molecule has 0 unspecified atom stereocenters. The monoisotopic (exact) mass is 349 g/mol. The summed E-state index contributed by atoms with van der Waals surface area (Å²) in [4.78, 5) is 8.43. The van der Waals surface area contributed by atoms with Crippen LogP contribution in [0.25, 0.3) is 10.9 Å². The second kappa shape index (κ2) is 7.83. The van der Waals surface area contributed by atoms with Gasteiger partial charge in [0.1, 0.15) is 5.75 Å². The highest BCUT2D eigenvalue weighted by atomic mass is 16.5. The number of hydrogen-bond acceptors (Lipinski definition) is 3. The normalized spacial score (nSPS) is 15.5. The number of aryl methyl sites for hydroxylation is 1. The summed E-state index contributed by atoms with van der Waals surface area (Å²) in [6, 6.07) is 17.0. The fourth-order valence-electron chi connectivity index (χ4n) is 3.87. The molecule has 136 valence electrons. The van der Waals surface area contributed by atoms with Crippen LogP contribution in [0, 0.1) is 0 Å². The Morgan fingerprint density at radius 3 is 2.69 bits per heavy atom. The lowest BCUT2D eigenvalue weighted by molar-refractivity contribution is 0.255. The number of nitrogens with one attached hydrogen (secondary N) is 1. The van der Waals surface area contributed by atoms with Gasteiger partial charge in [0.2, 0.25) is 0 Å². The molecule has 4 rings (SSSR count). The van der Waals surface area contributed by atoms with Crippen LogP contribution in [0.15, 0.2) is 54.7 Å². The van der Waals surface area contributed by atoms with E-state index in [2.05, 4.69) is 63.4 Å². The number of methoxy groups -OCH3 is 1. The molecule has 0 atom stereocenters. The quantitative estimate of drug-likeness (QED) is 0.732. The molecular weight excluding hydrogens is 322 g/mol. The number of aromatic nitrogens is 1. The fraction of sp³-hybridized carbons (Fsp3) is 0.364. The molecule has 1 aromatic heterocycles. The van der Waals surface area contributed by atoms with E-state index in [4.69, 9.17) is 4.74 Å². The highest BCUT2D eigenvalue weighted by molar-refractivity contribution is 5.82. The van der Waals surface area contributed by atoms with Crippen molar-refractivity contribution in [1.82, 2.24) is 9.88 Å². The fourth-order valence-corrected chi connectivity index (χ4v) is 3.87. The Morgan fingerprint density at radius 2 is 1.85 bits per heavy atom. The largest absolute Gasteiger partial charge is 0.497 e. The second-order valence-electron chi connectivity index (χ2n) is 6.99. The van der Waals surface area contributed by atoms with Crippen molar-refractivity contribution in [3.63, 3.8) is 0 Å². The molecule has 0 aliphatic carbocycles. The van der Waals surface area contributed by atoms with Gasteiger partial charge >= 0.3 is 0 Å². The number of ether oxygens (including phenoxy) is 1. The average Bonchev–Trinajstić information content (AvgIpc) is 3.12. The number of piperazine rings is 1. The number of benzene rings is 2. The van der Waals surface area contributed by atoms with E-state index in [1.165, 1.54) is 35.1 Å². The first-order valence-electron chi connectivity index (χ1n) is 9.50. The molecule has 3 aromatic rings. The first-order valence-corrected chi connectivity index (χ1v) is 9.50. The van der Waals surface area contributed by atoms with Crippen molar-refractivity contribution in [3.05, 3.63) is 60.3 Å². The zero-order chi connectivity index (χ0) is 17.8. The molecule has 2 aromatic carbocycles. The molecule has 26 heavy (non-hydrogen) atoms. The summed E-state index contributed by atoms with van der Waals surface area (Å²) in [6.07, 6.45) is 4.52. The van der Waals surface area contributed by atoms with Gasteiger partial charge in [-0.15, -0.1) is 0 Å². The van der Waals surface area contributed by atoms with Gasteiger partial charge in [0.25, 0.3) is 0 Å². The number of fused-ring (bicyclic) bond motifs is 1. The molecule has 0 saturated carbocycles. The van der Waals surface area contributed by atoms with Crippen LogP contribution < -0.4 is 9.64 Å². The Labute approximate surface area is 155 Å². The number of nitrogens with zero attached hydrogens (tertiary/aromatic N) is 2. The van der Waals surface area contributed by atoms with E-state index in [0.717, 1.165) is 38.3 Å². The summed E-state index contributed by atoms with van der Waals surface area (Å²) in [5.74, 6) is 0.934. The molecule has 1 N–H and O–H groups in total. The van der Waals surface area contributed by atoms with Gasteiger partial charge in [-0.1, -0.05) is 24.3 Å². The first kappa shape index (κ1) is 17.0. The molecule has 0 spiro atoms. The van der Waals surface area contributed by atoms with Gasteiger partial charge in [-0.25, -0.2) is 0 Å². The van der Waals surface area contributed by atoms with Crippen molar-refractivity contribution >= 4 is 16.6 Å². The maximum absolute atomic E-state index is 5.35. The van der Waals surface area contributed by atoms with Crippen LogP contribution in [-0.4, -0.2) is 49.7 Å². The molecule has 0 radical (unpaired) electrons. The minimum Gasteiger partial charge on any atom is -0.497 e. The Hall–Kier alpha value is -2.46. The lowest BCUT2D eigenvalue weighted by Gasteiger charge is -2.36. The lowest BCUT2D eigenvalue weighted by atomic mass is 10.1. The number of hydrogen-bond donors (Lipinski definition) is 1. The van der Waals surface area contributed by atoms with E-state index in [1.807, 2.05) is 6.07 Å². The summed E-state index contributed by atoms with van der Waals surface area (Å²) >= 11 is 0. The molecule has 1 aliphatic rings. The van der Waals surface area contributed by atoms with Gasteiger partial charge in [-0.05, 0) is 43.1 Å². The van der Waals surface area contributed by atoms with Crippen LogP contribution in [0.3, 0.4) is 0 Å². The zero-order valence-electron chi connectivity index (χ0n) is 15.4. The highest BCUT2D eigenvalue weighted by Crippen LogP contribution is 2.22. The molecule has 1 aliphatic heterocycles. The Bertz CT molecular complexity index is 849. The molecule has 2 heterocycles. The van der Waals surface area contributed by atoms with Crippen molar-refractivity contribution in [2.45, 2.75) is 12.8 Å².